The van der Waals surface area contributed by atoms with Gasteiger partial charge in [-0.1, -0.05) is 12.1 Å². The van der Waals surface area contributed by atoms with Crippen LogP contribution in [0.2, 0.25) is 0 Å². The molecule has 0 spiro atoms. The van der Waals surface area contributed by atoms with E-state index >= 15 is 0 Å². The van der Waals surface area contributed by atoms with Gasteiger partial charge in [-0.05, 0) is 73.8 Å². The molecule has 32 heavy (non-hydrogen) atoms. The molecule has 1 N–H and O–H groups in total. The fourth-order valence-electron chi connectivity index (χ4n) is 4.68. The predicted octanol–water partition coefficient (Wildman–Crippen LogP) is 3.13. The fraction of sp³-hybridized carbons (Fsp3) is 0.520. The summed E-state index contributed by atoms with van der Waals surface area (Å²) in [7, 11) is 0. The first-order chi connectivity index (χ1) is 15.6. The Kier molecular flexibility index (Phi) is 6.06. The minimum absolute atomic E-state index is 0.0236. The molecule has 0 radical (unpaired) electrons. The number of nitrogens with zero attached hydrogens (tertiary/aromatic N) is 4. The van der Waals surface area contributed by atoms with E-state index in [0.717, 1.165) is 50.3 Å². The van der Waals surface area contributed by atoms with Gasteiger partial charge in [0.2, 0.25) is 11.8 Å². The van der Waals surface area contributed by atoms with Crippen LogP contribution >= 0.6 is 0 Å². The van der Waals surface area contributed by atoms with Gasteiger partial charge in [0.25, 0.3) is 0 Å². The van der Waals surface area contributed by atoms with Crippen molar-refractivity contribution < 1.29 is 9.59 Å². The number of hydrogen-bond acceptors (Lipinski definition) is 5. The van der Waals surface area contributed by atoms with E-state index in [1.807, 2.05) is 24.3 Å². The first kappa shape index (κ1) is 20.9. The van der Waals surface area contributed by atoms with Gasteiger partial charge < -0.3 is 15.1 Å². The molecular formula is C25H31N5O2. The number of rotatable bonds is 7. The van der Waals surface area contributed by atoms with Gasteiger partial charge in [-0.3, -0.25) is 9.59 Å². The Bertz CT molecular complexity index is 931. The largest absolute Gasteiger partial charge is 0.353 e. The zero-order valence-corrected chi connectivity index (χ0v) is 18.4. The zero-order chi connectivity index (χ0) is 21.9. The number of aromatic nitrogens is 2. The lowest BCUT2D eigenvalue weighted by Crippen LogP contribution is -2.52. The van der Waals surface area contributed by atoms with E-state index in [2.05, 4.69) is 37.4 Å². The monoisotopic (exact) mass is 433 g/mol. The highest BCUT2D eigenvalue weighted by Crippen LogP contribution is 2.33. The average molecular weight is 434 g/mol. The highest BCUT2D eigenvalue weighted by molar-refractivity contribution is 5.94. The Hall–Kier alpha value is -2.96. The topological polar surface area (TPSA) is 78.4 Å². The maximum Gasteiger partial charge on any atom is 0.231 e. The van der Waals surface area contributed by atoms with Crippen molar-refractivity contribution in [2.24, 2.45) is 17.8 Å². The molecule has 2 aliphatic heterocycles. The van der Waals surface area contributed by atoms with Crippen LogP contribution in [-0.4, -0.2) is 53.1 Å². The van der Waals surface area contributed by atoms with Crippen molar-refractivity contribution in [2.75, 3.05) is 36.4 Å². The van der Waals surface area contributed by atoms with Gasteiger partial charge in [0, 0.05) is 44.5 Å². The minimum Gasteiger partial charge on any atom is -0.353 e. The van der Waals surface area contributed by atoms with E-state index < -0.39 is 0 Å². The fourth-order valence-corrected chi connectivity index (χ4v) is 4.68. The second kappa shape index (κ2) is 9.27. The van der Waals surface area contributed by atoms with Gasteiger partial charge in [0.15, 0.2) is 5.82 Å². The Morgan fingerprint density at radius 3 is 2.38 bits per heavy atom. The lowest BCUT2D eigenvalue weighted by Gasteiger charge is -2.38. The summed E-state index contributed by atoms with van der Waals surface area (Å²) in [5, 5.41) is 11.0. The molecule has 3 heterocycles. The Morgan fingerprint density at radius 2 is 1.72 bits per heavy atom. The molecule has 168 valence electrons. The number of amides is 2. The molecule has 2 aromatic rings. The number of anilines is 2. The number of likely N-dealkylation sites (tertiary alicyclic amines) is 1. The normalized spacial score (nSPS) is 19.5. The summed E-state index contributed by atoms with van der Waals surface area (Å²) in [4.78, 5) is 28.9. The van der Waals surface area contributed by atoms with Gasteiger partial charge in [0.05, 0.1) is 5.92 Å². The molecule has 1 aromatic carbocycles. The van der Waals surface area contributed by atoms with Crippen LogP contribution in [0.15, 0.2) is 42.6 Å². The number of benzene rings is 1. The molecule has 0 atom stereocenters. The van der Waals surface area contributed by atoms with Gasteiger partial charge >= 0.3 is 0 Å². The number of nitrogens with one attached hydrogen (secondary N) is 1. The van der Waals surface area contributed by atoms with E-state index in [1.54, 1.807) is 6.20 Å². The second-order valence-electron chi connectivity index (χ2n) is 9.55. The average Bonchev–Trinajstić information content (AvgIpc) is 3.59. The van der Waals surface area contributed by atoms with Crippen LogP contribution < -0.4 is 10.2 Å². The molecule has 1 aromatic heterocycles. The summed E-state index contributed by atoms with van der Waals surface area (Å²) in [6.45, 7) is 3.14. The molecule has 0 unspecified atom stereocenters. The summed E-state index contributed by atoms with van der Waals surface area (Å²) in [6, 6.07) is 12.0. The summed E-state index contributed by atoms with van der Waals surface area (Å²) >= 11 is 0. The molecule has 7 heteroatoms. The quantitative estimate of drug-likeness (QED) is 0.726. The van der Waals surface area contributed by atoms with Crippen LogP contribution in [-0.2, 0) is 16.0 Å². The molecular weight excluding hydrogens is 402 g/mol. The third-order valence-corrected chi connectivity index (χ3v) is 7.01. The van der Waals surface area contributed by atoms with Crippen molar-refractivity contribution in [3.8, 4) is 0 Å². The highest BCUT2D eigenvalue weighted by atomic mass is 16.2. The Balaban J connectivity index is 1.04. The van der Waals surface area contributed by atoms with Gasteiger partial charge in [-0.2, -0.15) is 5.10 Å². The molecule has 3 fully saturated rings. The van der Waals surface area contributed by atoms with Crippen LogP contribution in [0.3, 0.4) is 0 Å². The predicted molar refractivity (Wildman–Crippen MR) is 123 cm³/mol. The Labute approximate surface area is 189 Å². The van der Waals surface area contributed by atoms with E-state index in [4.69, 9.17) is 0 Å². The highest BCUT2D eigenvalue weighted by Gasteiger charge is 2.33. The second-order valence-corrected chi connectivity index (χ2v) is 9.55. The lowest BCUT2D eigenvalue weighted by molar-refractivity contribution is -0.133. The van der Waals surface area contributed by atoms with Gasteiger partial charge in [0.1, 0.15) is 0 Å². The van der Waals surface area contributed by atoms with Crippen molar-refractivity contribution in [3.05, 3.63) is 48.2 Å². The number of carbonyl (C=O) groups excluding carboxylic acids is 2. The van der Waals surface area contributed by atoms with Crippen molar-refractivity contribution in [3.63, 3.8) is 0 Å². The number of carbonyl (C=O) groups is 2. The molecule has 7 nitrogen and oxygen atoms in total. The van der Waals surface area contributed by atoms with Crippen LogP contribution in [0.1, 0.15) is 37.7 Å². The van der Waals surface area contributed by atoms with Crippen molar-refractivity contribution in [1.82, 2.24) is 15.1 Å². The summed E-state index contributed by atoms with van der Waals surface area (Å²) < 4.78 is 0. The number of piperidine rings is 1. The van der Waals surface area contributed by atoms with Gasteiger partial charge in [-0.15, -0.1) is 5.10 Å². The number of hydrogen-bond donors (Lipinski definition) is 1. The smallest absolute Gasteiger partial charge is 0.231 e. The lowest BCUT2D eigenvalue weighted by atomic mass is 9.90. The molecule has 2 amide bonds. The molecule has 1 saturated carbocycles. The van der Waals surface area contributed by atoms with E-state index in [0.29, 0.717) is 30.8 Å². The van der Waals surface area contributed by atoms with Crippen LogP contribution in [0.25, 0.3) is 0 Å². The summed E-state index contributed by atoms with van der Waals surface area (Å²) in [5.41, 5.74) is 2.14. The first-order valence-electron chi connectivity index (χ1n) is 11.8. The third kappa shape index (κ3) is 5.09. The van der Waals surface area contributed by atoms with Gasteiger partial charge in [-0.25, -0.2) is 0 Å². The molecule has 1 aliphatic carbocycles. The van der Waals surface area contributed by atoms with Crippen molar-refractivity contribution >= 4 is 23.3 Å². The van der Waals surface area contributed by atoms with Crippen molar-refractivity contribution in [2.45, 2.75) is 38.5 Å². The maximum atomic E-state index is 12.5. The molecule has 2 saturated heterocycles. The SMILES string of the molecule is O=C(Nc1ccc(CC2CCN(C(=O)CC3CC3)CC2)cc1)C1CN(c2cccnn2)C1. The maximum absolute atomic E-state index is 12.5. The first-order valence-corrected chi connectivity index (χ1v) is 11.8. The summed E-state index contributed by atoms with van der Waals surface area (Å²) in [6.07, 6.45) is 8.09. The minimum atomic E-state index is -0.0236. The van der Waals surface area contributed by atoms with E-state index in [-0.39, 0.29) is 11.8 Å². The Morgan fingerprint density at radius 1 is 0.969 bits per heavy atom. The molecule has 0 bridgehead atoms. The van der Waals surface area contributed by atoms with Crippen molar-refractivity contribution in [1.29, 1.82) is 0 Å². The third-order valence-electron chi connectivity index (χ3n) is 7.01. The van der Waals surface area contributed by atoms with Crippen LogP contribution in [0.5, 0.6) is 0 Å². The summed E-state index contributed by atoms with van der Waals surface area (Å²) in [5.74, 6) is 2.50. The zero-order valence-electron chi connectivity index (χ0n) is 18.4. The van der Waals surface area contributed by atoms with Crippen LogP contribution in [0, 0.1) is 17.8 Å². The standard InChI is InChI=1S/C25H31N5O2/c31-24(15-19-3-4-19)29-12-9-20(10-13-29)14-18-5-7-22(8-6-18)27-25(32)21-16-30(17-21)23-2-1-11-26-28-23/h1-2,5-8,11,19-21H,3-4,9-10,12-17H2,(H,27,32). The molecule has 3 aliphatic rings. The molecule has 5 rings (SSSR count). The van der Waals surface area contributed by atoms with E-state index in [1.165, 1.54) is 18.4 Å². The van der Waals surface area contributed by atoms with E-state index in [9.17, 15) is 9.59 Å². The van der Waals surface area contributed by atoms with Crippen LogP contribution in [0.4, 0.5) is 11.5 Å².